The molecule has 0 saturated heterocycles. The van der Waals surface area contributed by atoms with Gasteiger partial charge in [0.15, 0.2) is 0 Å². The van der Waals surface area contributed by atoms with E-state index in [4.69, 9.17) is 0 Å². The summed E-state index contributed by atoms with van der Waals surface area (Å²) >= 11 is 2.31. The molecule has 2 nitrogen and oxygen atoms in total. The molecule has 0 amide bonds. The minimum Gasteiger partial charge on any atom is -0.268 e. The van der Waals surface area contributed by atoms with Crippen molar-refractivity contribution >= 4 is 22.6 Å². The fraction of sp³-hybridized carbons (Fsp3) is 0.727. The number of aromatic nitrogens is 2. The van der Waals surface area contributed by atoms with Gasteiger partial charge >= 0.3 is 0 Å². The molecule has 2 rings (SSSR count). The summed E-state index contributed by atoms with van der Waals surface area (Å²) < 4.78 is 3.34. The third-order valence-electron chi connectivity index (χ3n) is 3.21. The highest BCUT2D eigenvalue weighted by Crippen LogP contribution is 2.31. The highest BCUT2D eigenvalue weighted by Gasteiger charge is 2.20. The molecular weight excluding hydrogens is 287 g/mol. The van der Waals surface area contributed by atoms with E-state index >= 15 is 0 Å². The Labute approximate surface area is 99.2 Å². The normalized spacial score (nSPS) is 27.9. The van der Waals surface area contributed by atoms with Gasteiger partial charge < -0.3 is 0 Å². The van der Waals surface area contributed by atoms with Crippen LogP contribution < -0.4 is 0 Å². The van der Waals surface area contributed by atoms with Crippen molar-refractivity contribution in [3.63, 3.8) is 0 Å². The van der Waals surface area contributed by atoms with Gasteiger partial charge in [0.05, 0.1) is 6.04 Å². The number of aryl methyl sites for hydroxylation is 1. The largest absolute Gasteiger partial charge is 0.268 e. The highest BCUT2D eigenvalue weighted by atomic mass is 127. The summed E-state index contributed by atoms with van der Waals surface area (Å²) in [5.41, 5.74) is 1.31. The van der Waals surface area contributed by atoms with Gasteiger partial charge in [-0.15, -0.1) is 0 Å². The second-order valence-corrected chi connectivity index (χ2v) is 5.52. The summed E-state index contributed by atoms with van der Waals surface area (Å²) in [5.74, 6) is 0.919. The van der Waals surface area contributed by atoms with E-state index in [1.165, 1.54) is 31.2 Å². The van der Waals surface area contributed by atoms with Crippen LogP contribution in [0.1, 0.15) is 44.2 Å². The Hall–Kier alpha value is -0.0600. The number of hydrogen-bond donors (Lipinski definition) is 0. The van der Waals surface area contributed by atoms with E-state index in [1.54, 1.807) is 0 Å². The fourth-order valence-corrected chi connectivity index (χ4v) is 2.54. The van der Waals surface area contributed by atoms with Crippen molar-refractivity contribution in [3.05, 3.63) is 15.5 Å². The summed E-state index contributed by atoms with van der Waals surface area (Å²) in [6.45, 7) is 4.49. The van der Waals surface area contributed by atoms with Crippen LogP contribution in [-0.4, -0.2) is 9.78 Å². The molecule has 0 bridgehead atoms. The Balaban J connectivity index is 2.08. The van der Waals surface area contributed by atoms with Gasteiger partial charge in [-0.25, -0.2) is 0 Å². The molecule has 3 heteroatoms. The molecule has 14 heavy (non-hydrogen) atoms. The lowest BCUT2D eigenvalue weighted by molar-refractivity contribution is 0.273. The van der Waals surface area contributed by atoms with Crippen LogP contribution in [0.2, 0.25) is 0 Å². The number of nitrogens with zero attached hydrogens (tertiary/aromatic N) is 2. The van der Waals surface area contributed by atoms with Crippen LogP contribution in [0.25, 0.3) is 0 Å². The zero-order valence-electron chi connectivity index (χ0n) is 8.83. The Morgan fingerprint density at radius 1 is 1.36 bits per heavy atom. The molecule has 1 aromatic rings. The van der Waals surface area contributed by atoms with Crippen molar-refractivity contribution in [3.8, 4) is 0 Å². The summed E-state index contributed by atoms with van der Waals surface area (Å²) in [6, 6.07) is 0.661. The maximum absolute atomic E-state index is 4.56. The molecule has 0 spiro atoms. The number of halogens is 1. The molecule has 1 aliphatic carbocycles. The third kappa shape index (κ3) is 2.12. The Bertz CT molecular complexity index is 292. The van der Waals surface area contributed by atoms with E-state index in [0.717, 1.165) is 9.62 Å². The SMILES string of the molecule is Cc1cn(C2CCC(C)CC2)nc1I. The van der Waals surface area contributed by atoms with Crippen LogP contribution in [0.3, 0.4) is 0 Å². The Morgan fingerprint density at radius 2 is 2.00 bits per heavy atom. The summed E-state index contributed by atoms with van der Waals surface area (Å²) in [4.78, 5) is 0. The molecule has 0 aromatic carbocycles. The maximum atomic E-state index is 4.56. The molecule has 1 heterocycles. The van der Waals surface area contributed by atoms with E-state index in [1.807, 2.05) is 0 Å². The molecule has 0 unspecified atom stereocenters. The molecular formula is C11H17IN2. The van der Waals surface area contributed by atoms with E-state index in [2.05, 4.69) is 52.4 Å². The predicted octanol–water partition coefficient (Wildman–Crippen LogP) is 3.55. The number of hydrogen-bond acceptors (Lipinski definition) is 1. The van der Waals surface area contributed by atoms with Crippen LogP contribution in [0.15, 0.2) is 6.20 Å². The van der Waals surface area contributed by atoms with Crippen molar-refractivity contribution in [1.29, 1.82) is 0 Å². The monoisotopic (exact) mass is 304 g/mol. The second-order valence-electron chi connectivity index (χ2n) is 4.50. The fourth-order valence-electron chi connectivity index (χ4n) is 2.15. The summed E-state index contributed by atoms with van der Waals surface area (Å²) in [7, 11) is 0. The van der Waals surface area contributed by atoms with Crippen molar-refractivity contribution in [2.75, 3.05) is 0 Å². The minimum absolute atomic E-state index is 0.661. The average molecular weight is 304 g/mol. The van der Waals surface area contributed by atoms with E-state index < -0.39 is 0 Å². The minimum atomic E-state index is 0.661. The third-order valence-corrected chi connectivity index (χ3v) is 4.28. The molecule has 1 saturated carbocycles. The summed E-state index contributed by atoms with van der Waals surface area (Å²) in [5, 5.41) is 4.56. The van der Waals surface area contributed by atoms with Crippen molar-refractivity contribution in [2.45, 2.75) is 45.6 Å². The van der Waals surface area contributed by atoms with Gasteiger partial charge in [0.1, 0.15) is 3.70 Å². The zero-order chi connectivity index (χ0) is 10.1. The lowest BCUT2D eigenvalue weighted by Gasteiger charge is -2.26. The quantitative estimate of drug-likeness (QED) is 0.726. The lowest BCUT2D eigenvalue weighted by Crippen LogP contribution is -2.17. The lowest BCUT2D eigenvalue weighted by atomic mass is 9.87. The van der Waals surface area contributed by atoms with Gasteiger partial charge in [0.2, 0.25) is 0 Å². The molecule has 0 aliphatic heterocycles. The Kier molecular flexibility index (Phi) is 3.14. The van der Waals surface area contributed by atoms with Crippen molar-refractivity contribution < 1.29 is 0 Å². The molecule has 0 atom stereocenters. The van der Waals surface area contributed by atoms with Gasteiger partial charge in [0, 0.05) is 11.8 Å². The molecule has 1 aliphatic rings. The first-order chi connectivity index (χ1) is 6.66. The molecule has 78 valence electrons. The van der Waals surface area contributed by atoms with Crippen LogP contribution in [0, 0.1) is 16.5 Å². The second kappa shape index (κ2) is 4.21. The molecule has 1 fully saturated rings. The standard InChI is InChI=1S/C11H17IN2/c1-8-3-5-10(6-4-8)14-7-9(2)11(12)13-14/h7-8,10H,3-6H2,1-2H3. The number of rotatable bonds is 1. The molecule has 1 aromatic heterocycles. The topological polar surface area (TPSA) is 17.8 Å². The maximum Gasteiger partial charge on any atom is 0.126 e. The van der Waals surface area contributed by atoms with E-state index in [-0.39, 0.29) is 0 Å². The zero-order valence-corrected chi connectivity index (χ0v) is 11.0. The van der Waals surface area contributed by atoms with E-state index in [0.29, 0.717) is 6.04 Å². The Morgan fingerprint density at radius 3 is 2.50 bits per heavy atom. The predicted molar refractivity (Wildman–Crippen MR) is 66.4 cm³/mol. The van der Waals surface area contributed by atoms with Gasteiger partial charge in [-0.1, -0.05) is 6.92 Å². The van der Waals surface area contributed by atoms with Crippen LogP contribution >= 0.6 is 22.6 Å². The van der Waals surface area contributed by atoms with Gasteiger partial charge in [0.25, 0.3) is 0 Å². The van der Waals surface area contributed by atoms with Crippen LogP contribution in [0.4, 0.5) is 0 Å². The van der Waals surface area contributed by atoms with Gasteiger partial charge in [-0.05, 0) is 61.1 Å². The summed E-state index contributed by atoms with van der Waals surface area (Å²) in [6.07, 6.45) is 7.53. The first-order valence-electron chi connectivity index (χ1n) is 5.38. The first kappa shape index (κ1) is 10.5. The molecule has 0 radical (unpaired) electrons. The average Bonchev–Trinajstić information content (AvgIpc) is 2.48. The van der Waals surface area contributed by atoms with Crippen molar-refractivity contribution in [1.82, 2.24) is 9.78 Å². The highest BCUT2D eigenvalue weighted by molar-refractivity contribution is 14.1. The van der Waals surface area contributed by atoms with Gasteiger partial charge in [-0.3, -0.25) is 4.68 Å². The first-order valence-corrected chi connectivity index (χ1v) is 6.46. The van der Waals surface area contributed by atoms with Crippen LogP contribution in [0.5, 0.6) is 0 Å². The molecule has 0 N–H and O–H groups in total. The van der Waals surface area contributed by atoms with E-state index in [9.17, 15) is 0 Å². The van der Waals surface area contributed by atoms with Crippen LogP contribution in [-0.2, 0) is 0 Å². The smallest absolute Gasteiger partial charge is 0.126 e. The van der Waals surface area contributed by atoms with Gasteiger partial charge in [-0.2, -0.15) is 5.10 Å². The van der Waals surface area contributed by atoms with Crippen molar-refractivity contribution in [2.24, 2.45) is 5.92 Å².